The lowest BCUT2D eigenvalue weighted by atomic mass is 9.70. The van der Waals surface area contributed by atoms with Crippen LogP contribution < -0.4 is 5.46 Å². The van der Waals surface area contributed by atoms with Gasteiger partial charge in [-0.25, -0.2) is 0 Å². The summed E-state index contributed by atoms with van der Waals surface area (Å²) in [7, 11) is 0. The zero-order chi connectivity index (χ0) is 10.6. The number of hydrogen-bond acceptors (Lipinski definition) is 7. The summed E-state index contributed by atoms with van der Waals surface area (Å²) in [5, 5.41) is 5.47. The molecule has 4 aliphatic heterocycles. The molecule has 5 rings (SSSR count). The molecule has 84 valence electrons. The first kappa shape index (κ1) is 9.05. The fraction of sp³-hybridized carbons (Fsp3) is 0.375. The lowest BCUT2D eigenvalue weighted by molar-refractivity contribution is -0.420. The van der Waals surface area contributed by atoms with Gasteiger partial charge >= 0.3 is 6.75 Å². The van der Waals surface area contributed by atoms with Crippen LogP contribution in [0.25, 0.3) is 0 Å². The highest BCUT2D eigenvalue weighted by Gasteiger charge is 2.50. The minimum absolute atomic E-state index is 0.642. The average molecular weight is 221 g/mol. The van der Waals surface area contributed by atoms with Crippen LogP contribution in [0.15, 0.2) is 24.5 Å². The average Bonchev–Trinajstić information content (AvgIpc) is 2.28. The van der Waals surface area contributed by atoms with Crippen molar-refractivity contribution in [2.45, 2.75) is 0 Å². The summed E-state index contributed by atoms with van der Waals surface area (Å²) in [4.78, 5) is 4.06. The van der Waals surface area contributed by atoms with Crippen LogP contribution in [0.2, 0.25) is 0 Å². The molecule has 16 heavy (non-hydrogen) atoms. The van der Waals surface area contributed by atoms with Crippen LogP contribution in [0.4, 0.5) is 0 Å². The van der Waals surface area contributed by atoms with E-state index in [-0.39, 0.29) is 0 Å². The quantitative estimate of drug-likeness (QED) is 0.554. The Morgan fingerprint density at radius 3 is 2.19 bits per heavy atom. The molecule has 5 heterocycles. The van der Waals surface area contributed by atoms with Crippen LogP contribution in [0.5, 0.6) is 0 Å². The number of aromatic nitrogens is 1. The molecule has 0 aliphatic carbocycles. The maximum atomic E-state index is 5.72. The van der Waals surface area contributed by atoms with E-state index in [1.807, 2.05) is 27.3 Å². The third-order valence-electron chi connectivity index (χ3n) is 2.90. The highest BCUT2D eigenvalue weighted by atomic mass is 17.0. The number of rotatable bonds is 1. The molecule has 0 spiro atoms. The third-order valence-corrected chi connectivity index (χ3v) is 2.90. The lowest BCUT2D eigenvalue weighted by Crippen LogP contribution is -2.79. The van der Waals surface area contributed by atoms with E-state index < -0.39 is 6.75 Å². The van der Waals surface area contributed by atoms with Crippen LogP contribution in [0.1, 0.15) is 0 Å². The molecule has 4 aliphatic rings. The Morgan fingerprint density at radius 1 is 1.06 bits per heavy atom. The normalized spacial score (nSPS) is 44.9. The molecule has 0 unspecified atom stereocenters. The van der Waals surface area contributed by atoms with Gasteiger partial charge in [-0.3, -0.25) is 4.98 Å². The molecule has 1 aromatic heterocycles. The summed E-state index contributed by atoms with van der Waals surface area (Å²) in [6.07, 6.45) is 3.41. The van der Waals surface area contributed by atoms with Gasteiger partial charge in [0, 0.05) is 6.20 Å². The Hall–Kier alpha value is -1.03. The van der Waals surface area contributed by atoms with E-state index >= 15 is 0 Å². The van der Waals surface area contributed by atoms with Gasteiger partial charge in [0.05, 0.1) is 20.0 Å². The highest BCUT2D eigenvalue weighted by molar-refractivity contribution is 6.75. The summed E-state index contributed by atoms with van der Waals surface area (Å²) in [5.74, 6) is 0. The summed E-state index contributed by atoms with van der Waals surface area (Å²) < 4.78 is 17.2. The van der Waals surface area contributed by atoms with Gasteiger partial charge in [-0.1, -0.05) is 11.5 Å². The molecule has 0 saturated carbocycles. The second-order valence-corrected chi connectivity index (χ2v) is 4.11. The minimum atomic E-state index is -1.92. The van der Waals surface area contributed by atoms with Crippen LogP contribution in [-0.4, -0.2) is 46.9 Å². The topological polar surface area (TPSA) is 50.3 Å². The van der Waals surface area contributed by atoms with E-state index in [1.165, 1.54) is 0 Å². The monoisotopic (exact) mass is 221 g/mol. The van der Waals surface area contributed by atoms with Crippen molar-refractivity contribution in [1.29, 1.82) is 0 Å². The smallest absolute Gasteiger partial charge is 0.449 e. The first-order chi connectivity index (χ1) is 7.84. The Kier molecular flexibility index (Phi) is 1.70. The van der Waals surface area contributed by atoms with Crippen molar-refractivity contribution >= 4 is 12.2 Å². The molecule has 0 amide bonds. The highest BCUT2D eigenvalue weighted by Crippen LogP contribution is 2.30. The minimum Gasteiger partial charge on any atom is -0.449 e. The summed E-state index contributed by atoms with van der Waals surface area (Å²) in [5.41, 5.74) is 0.807. The molecular formula is C8H10BN4O3-. The molecule has 4 saturated heterocycles. The van der Waals surface area contributed by atoms with Crippen LogP contribution in [0.3, 0.4) is 0 Å². The predicted molar refractivity (Wildman–Crippen MR) is 53.0 cm³/mol. The second-order valence-electron chi connectivity index (χ2n) is 4.11. The number of pyridine rings is 1. The van der Waals surface area contributed by atoms with E-state index in [0.29, 0.717) is 20.0 Å². The zero-order valence-corrected chi connectivity index (χ0v) is 8.52. The largest absolute Gasteiger partial charge is 0.459 e. The third kappa shape index (κ3) is 1.16. The van der Waals surface area contributed by atoms with Gasteiger partial charge in [-0.2, -0.15) is 15.2 Å². The molecule has 0 N–H and O–H groups in total. The van der Waals surface area contributed by atoms with Gasteiger partial charge in [-0.15, -0.1) is 0 Å². The zero-order valence-electron chi connectivity index (χ0n) is 8.52. The second kappa shape index (κ2) is 3.01. The summed E-state index contributed by atoms with van der Waals surface area (Å²) >= 11 is 0. The van der Waals surface area contributed by atoms with Crippen molar-refractivity contribution < 1.29 is 14.3 Å². The Labute approximate surface area is 92.0 Å². The Bertz CT molecular complexity index is 382. The van der Waals surface area contributed by atoms with E-state index in [9.17, 15) is 0 Å². The molecule has 0 aromatic carbocycles. The van der Waals surface area contributed by atoms with Crippen LogP contribution >= 0.6 is 0 Å². The molecule has 7 nitrogen and oxygen atoms in total. The van der Waals surface area contributed by atoms with Gasteiger partial charge in [0.25, 0.3) is 0 Å². The van der Waals surface area contributed by atoms with Gasteiger partial charge in [0.2, 0.25) is 0 Å². The Morgan fingerprint density at radius 2 is 1.69 bits per heavy atom. The van der Waals surface area contributed by atoms with Gasteiger partial charge < -0.3 is 14.3 Å². The summed E-state index contributed by atoms with van der Waals surface area (Å²) in [6, 6.07) is 3.73. The molecule has 4 fully saturated rings. The van der Waals surface area contributed by atoms with E-state index in [0.717, 1.165) is 5.46 Å². The van der Waals surface area contributed by atoms with Crippen LogP contribution in [-0.2, 0) is 14.3 Å². The lowest BCUT2D eigenvalue weighted by Gasteiger charge is -2.64. The summed E-state index contributed by atoms with van der Waals surface area (Å²) in [6.45, 7) is 0.00897. The van der Waals surface area contributed by atoms with Crippen molar-refractivity contribution in [3.8, 4) is 0 Å². The maximum Gasteiger partial charge on any atom is 0.459 e. The molecule has 1 aromatic rings. The van der Waals surface area contributed by atoms with Crippen LogP contribution in [0, 0.1) is 0 Å². The standard InChI is InChI=1S/C8H10BN4O3/c1-2-8(4-10-3-1)9-14-11-5-12(15-9)7-13(6-11)16-9/h1-4H,5-7H2/q-1. The number of hydrogen-bond donors (Lipinski definition) is 0. The fourth-order valence-electron chi connectivity index (χ4n) is 2.28. The van der Waals surface area contributed by atoms with Crippen molar-refractivity contribution in [2.24, 2.45) is 0 Å². The van der Waals surface area contributed by atoms with E-state index in [1.54, 1.807) is 12.4 Å². The molecule has 0 radical (unpaired) electrons. The molecule has 8 heteroatoms. The maximum absolute atomic E-state index is 5.72. The predicted octanol–water partition coefficient (Wildman–Crippen LogP) is -1.16. The van der Waals surface area contributed by atoms with Gasteiger partial charge in [0.1, 0.15) is 0 Å². The van der Waals surface area contributed by atoms with Crippen molar-refractivity contribution in [1.82, 2.24) is 20.2 Å². The fourth-order valence-corrected chi connectivity index (χ4v) is 2.28. The van der Waals surface area contributed by atoms with Crippen molar-refractivity contribution in [3.05, 3.63) is 24.5 Å². The first-order valence-electron chi connectivity index (χ1n) is 5.20. The van der Waals surface area contributed by atoms with E-state index in [2.05, 4.69) is 4.98 Å². The number of hydroxylamine groups is 6. The van der Waals surface area contributed by atoms with Gasteiger partial charge in [0.15, 0.2) is 0 Å². The van der Waals surface area contributed by atoms with E-state index in [4.69, 9.17) is 14.3 Å². The molecule has 0 atom stereocenters. The van der Waals surface area contributed by atoms with Crippen molar-refractivity contribution in [3.63, 3.8) is 0 Å². The molecule has 4 bridgehead atoms. The first-order valence-corrected chi connectivity index (χ1v) is 5.20. The molecular weight excluding hydrogens is 211 g/mol. The van der Waals surface area contributed by atoms with Crippen molar-refractivity contribution in [2.75, 3.05) is 20.0 Å². The number of nitrogens with zero attached hydrogens (tertiary/aromatic N) is 4. The van der Waals surface area contributed by atoms with Gasteiger partial charge in [-0.05, 0) is 12.3 Å². The SMILES string of the molecule is c1cncc([B-]23ON4CN(CN(C4)O2)O3)c1. The Balaban J connectivity index is 1.77.